The van der Waals surface area contributed by atoms with Gasteiger partial charge in [0.25, 0.3) is 0 Å². The highest BCUT2D eigenvalue weighted by Gasteiger charge is 2.06. The molecule has 17 heavy (non-hydrogen) atoms. The number of primary amides is 1. The summed E-state index contributed by atoms with van der Waals surface area (Å²) in [7, 11) is 3.62. The van der Waals surface area contributed by atoms with E-state index in [1.165, 1.54) is 0 Å². The lowest BCUT2D eigenvalue weighted by molar-refractivity contribution is -0.118. The summed E-state index contributed by atoms with van der Waals surface area (Å²) in [6.07, 6.45) is 0.947. The Labute approximate surface area is 104 Å². The van der Waals surface area contributed by atoms with E-state index in [1.807, 2.05) is 14.1 Å². The molecule has 0 radical (unpaired) electrons. The van der Waals surface area contributed by atoms with Crippen molar-refractivity contribution in [2.75, 3.05) is 30.9 Å². The van der Waals surface area contributed by atoms with Crippen molar-refractivity contribution in [2.45, 2.75) is 12.8 Å². The minimum absolute atomic E-state index is 0.126. The van der Waals surface area contributed by atoms with Gasteiger partial charge in [0, 0.05) is 27.1 Å². The molecule has 1 amide bonds. The molecule has 0 saturated carbocycles. The van der Waals surface area contributed by atoms with Gasteiger partial charge in [0.15, 0.2) is 0 Å². The molecule has 1 rings (SSSR count). The third-order valence-corrected chi connectivity index (χ3v) is 2.05. The molecule has 0 aromatic carbocycles. The van der Waals surface area contributed by atoms with Gasteiger partial charge in [-0.2, -0.15) is 15.0 Å². The monoisotopic (exact) mass is 258 g/mol. The minimum atomic E-state index is -0.325. The molecule has 0 atom stereocenters. The SMILES string of the molecule is CN(C)c1nc(Cl)nc(NCCCC(N)=O)n1. The maximum atomic E-state index is 10.5. The van der Waals surface area contributed by atoms with E-state index in [0.717, 1.165) is 0 Å². The summed E-state index contributed by atoms with van der Waals surface area (Å²) in [4.78, 5) is 24.3. The molecular weight excluding hydrogens is 244 g/mol. The number of nitrogens with two attached hydrogens (primary N) is 1. The van der Waals surface area contributed by atoms with Gasteiger partial charge in [-0.1, -0.05) is 0 Å². The third-order valence-electron chi connectivity index (χ3n) is 1.88. The second kappa shape index (κ2) is 6.19. The second-order valence-electron chi connectivity index (χ2n) is 3.62. The summed E-state index contributed by atoms with van der Waals surface area (Å²) in [5.74, 6) is 0.537. The first-order chi connectivity index (χ1) is 7.99. The molecule has 0 aliphatic rings. The first-order valence-corrected chi connectivity index (χ1v) is 5.48. The van der Waals surface area contributed by atoms with Crippen LogP contribution >= 0.6 is 11.6 Å². The number of carbonyl (C=O) groups excluding carboxylic acids is 1. The van der Waals surface area contributed by atoms with Gasteiger partial charge in [-0.25, -0.2) is 0 Å². The average Bonchev–Trinajstić information content (AvgIpc) is 2.23. The van der Waals surface area contributed by atoms with E-state index in [4.69, 9.17) is 17.3 Å². The Hall–Kier alpha value is -1.63. The van der Waals surface area contributed by atoms with Crippen LogP contribution in [-0.4, -0.2) is 41.5 Å². The van der Waals surface area contributed by atoms with Gasteiger partial charge in [0.1, 0.15) is 0 Å². The highest BCUT2D eigenvalue weighted by molar-refractivity contribution is 6.28. The van der Waals surface area contributed by atoms with Crippen molar-refractivity contribution in [3.05, 3.63) is 5.28 Å². The van der Waals surface area contributed by atoms with Crippen LogP contribution in [0.1, 0.15) is 12.8 Å². The van der Waals surface area contributed by atoms with E-state index in [0.29, 0.717) is 31.3 Å². The van der Waals surface area contributed by atoms with Crippen molar-refractivity contribution in [3.8, 4) is 0 Å². The fourth-order valence-electron chi connectivity index (χ4n) is 1.08. The van der Waals surface area contributed by atoms with Crippen LogP contribution in [0.25, 0.3) is 0 Å². The quantitative estimate of drug-likeness (QED) is 0.711. The molecule has 1 aromatic rings. The van der Waals surface area contributed by atoms with Crippen molar-refractivity contribution < 1.29 is 4.79 Å². The summed E-state index contributed by atoms with van der Waals surface area (Å²) in [5, 5.41) is 3.08. The fourth-order valence-corrected chi connectivity index (χ4v) is 1.24. The van der Waals surface area contributed by atoms with Crippen LogP contribution in [0.4, 0.5) is 11.9 Å². The molecule has 0 fully saturated rings. The topological polar surface area (TPSA) is 97.0 Å². The normalized spacial score (nSPS) is 10.1. The Morgan fingerprint density at radius 2 is 2.12 bits per heavy atom. The number of rotatable bonds is 6. The van der Waals surface area contributed by atoms with E-state index in [2.05, 4.69) is 20.3 Å². The lowest BCUT2D eigenvalue weighted by Gasteiger charge is -2.11. The van der Waals surface area contributed by atoms with E-state index in [-0.39, 0.29) is 11.2 Å². The Bertz CT molecular complexity index is 397. The number of hydrogen-bond donors (Lipinski definition) is 2. The van der Waals surface area contributed by atoms with Gasteiger partial charge in [0.2, 0.25) is 23.1 Å². The zero-order valence-corrected chi connectivity index (χ0v) is 10.5. The van der Waals surface area contributed by atoms with E-state index in [9.17, 15) is 4.79 Å². The molecule has 0 aliphatic heterocycles. The van der Waals surface area contributed by atoms with Crippen molar-refractivity contribution >= 4 is 29.4 Å². The number of amides is 1. The lowest BCUT2D eigenvalue weighted by atomic mass is 10.3. The standard InChI is InChI=1S/C9H15ClN6O/c1-16(2)9-14-7(10)13-8(15-9)12-5-3-4-6(11)17/h3-5H2,1-2H3,(H2,11,17)(H,12,13,14,15). The first-order valence-electron chi connectivity index (χ1n) is 5.10. The number of nitrogens with zero attached hydrogens (tertiary/aromatic N) is 4. The maximum absolute atomic E-state index is 10.5. The number of nitrogens with one attached hydrogen (secondary N) is 1. The zero-order chi connectivity index (χ0) is 12.8. The summed E-state index contributed by atoms with van der Waals surface area (Å²) < 4.78 is 0. The summed E-state index contributed by atoms with van der Waals surface area (Å²) >= 11 is 5.75. The van der Waals surface area contributed by atoms with E-state index < -0.39 is 0 Å². The lowest BCUT2D eigenvalue weighted by Crippen LogP contribution is -2.16. The first kappa shape index (κ1) is 13.4. The number of hydrogen-bond acceptors (Lipinski definition) is 6. The van der Waals surface area contributed by atoms with Crippen molar-refractivity contribution in [1.82, 2.24) is 15.0 Å². The minimum Gasteiger partial charge on any atom is -0.370 e. The maximum Gasteiger partial charge on any atom is 0.230 e. The molecule has 0 spiro atoms. The highest BCUT2D eigenvalue weighted by Crippen LogP contribution is 2.11. The van der Waals surface area contributed by atoms with Crippen molar-refractivity contribution in [1.29, 1.82) is 0 Å². The Balaban J connectivity index is 2.55. The molecule has 0 aliphatic carbocycles. The Morgan fingerprint density at radius 1 is 1.41 bits per heavy atom. The molecule has 0 unspecified atom stereocenters. The molecule has 0 bridgehead atoms. The molecule has 1 aromatic heterocycles. The van der Waals surface area contributed by atoms with Crippen LogP contribution in [-0.2, 0) is 4.79 Å². The summed E-state index contributed by atoms with van der Waals surface area (Å²) in [6, 6.07) is 0. The Morgan fingerprint density at radius 3 is 2.71 bits per heavy atom. The highest BCUT2D eigenvalue weighted by atomic mass is 35.5. The van der Waals surface area contributed by atoms with Gasteiger partial charge in [-0.15, -0.1) is 0 Å². The van der Waals surface area contributed by atoms with Crippen LogP contribution in [0.15, 0.2) is 0 Å². The number of aromatic nitrogens is 3. The van der Waals surface area contributed by atoms with Crippen molar-refractivity contribution in [2.24, 2.45) is 5.73 Å². The number of halogens is 1. The van der Waals surface area contributed by atoms with Crippen LogP contribution in [0.2, 0.25) is 5.28 Å². The molecule has 7 nitrogen and oxygen atoms in total. The Kier molecular flexibility index (Phi) is 4.89. The summed E-state index contributed by atoms with van der Waals surface area (Å²) in [5.41, 5.74) is 5.02. The second-order valence-corrected chi connectivity index (χ2v) is 3.96. The fraction of sp³-hybridized carbons (Fsp3) is 0.556. The molecule has 8 heteroatoms. The predicted molar refractivity (Wildman–Crippen MR) is 66.1 cm³/mol. The van der Waals surface area contributed by atoms with Crippen LogP contribution in [0, 0.1) is 0 Å². The molecule has 0 saturated heterocycles. The smallest absolute Gasteiger partial charge is 0.230 e. The number of anilines is 2. The summed E-state index contributed by atoms with van der Waals surface area (Å²) in [6.45, 7) is 0.552. The van der Waals surface area contributed by atoms with Crippen LogP contribution in [0.5, 0.6) is 0 Å². The molecule has 3 N–H and O–H groups in total. The van der Waals surface area contributed by atoms with Gasteiger partial charge in [0.05, 0.1) is 0 Å². The third kappa shape index (κ3) is 4.81. The van der Waals surface area contributed by atoms with E-state index in [1.54, 1.807) is 4.90 Å². The van der Waals surface area contributed by atoms with Gasteiger partial charge < -0.3 is 16.0 Å². The van der Waals surface area contributed by atoms with E-state index >= 15 is 0 Å². The molecule has 94 valence electrons. The van der Waals surface area contributed by atoms with Crippen LogP contribution < -0.4 is 16.0 Å². The zero-order valence-electron chi connectivity index (χ0n) is 9.77. The molecular formula is C9H15ClN6O. The van der Waals surface area contributed by atoms with Crippen LogP contribution in [0.3, 0.4) is 0 Å². The largest absolute Gasteiger partial charge is 0.370 e. The number of carbonyl (C=O) groups is 1. The average molecular weight is 259 g/mol. The van der Waals surface area contributed by atoms with Gasteiger partial charge in [-0.3, -0.25) is 4.79 Å². The predicted octanol–water partition coefficient (Wildman–Crippen LogP) is 0.268. The van der Waals surface area contributed by atoms with Gasteiger partial charge >= 0.3 is 0 Å². The van der Waals surface area contributed by atoms with Crippen molar-refractivity contribution in [3.63, 3.8) is 0 Å². The van der Waals surface area contributed by atoms with Gasteiger partial charge in [-0.05, 0) is 18.0 Å². The molecule has 1 heterocycles.